The number of rotatable bonds is 5. The molecule has 2 aromatic rings. The molecule has 114 valence electrons. The number of benzene rings is 1. The molecule has 5 nitrogen and oxygen atoms in total. The average molecular weight is 373 g/mol. The predicted octanol–water partition coefficient (Wildman–Crippen LogP) is 2.60. The molecular weight excluding hydrogens is 356 g/mol. The van der Waals surface area contributed by atoms with E-state index in [-0.39, 0.29) is 18.0 Å². The molecule has 0 fully saturated rings. The minimum atomic E-state index is -3.67. The van der Waals surface area contributed by atoms with Crippen molar-refractivity contribution in [1.82, 2.24) is 4.72 Å². The summed E-state index contributed by atoms with van der Waals surface area (Å²) in [5.41, 5.74) is 7.01. The molecule has 0 radical (unpaired) electrons. The number of furan rings is 1. The molecule has 0 saturated carbocycles. The summed E-state index contributed by atoms with van der Waals surface area (Å²) < 4.78 is 33.8. The minimum Gasteiger partial charge on any atom is -0.465 e. The van der Waals surface area contributed by atoms with Gasteiger partial charge in [0.15, 0.2) is 0 Å². The maximum absolute atomic E-state index is 12.5. The third-order valence-corrected chi connectivity index (χ3v) is 5.58. The van der Waals surface area contributed by atoms with Crippen molar-refractivity contribution in [3.05, 3.63) is 51.4 Å². The first-order valence-electron chi connectivity index (χ1n) is 6.39. The van der Waals surface area contributed by atoms with Gasteiger partial charge in [-0.2, -0.15) is 0 Å². The zero-order valence-electron chi connectivity index (χ0n) is 11.8. The lowest BCUT2D eigenvalue weighted by Crippen LogP contribution is -2.25. The van der Waals surface area contributed by atoms with Crippen molar-refractivity contribution < 1.29 is 12.8 Å². The molecule has 1 aromatic heterocycles. The first-order valence-corrected chi connectivity index (χ1v) is 8.66. The molecule has 0 atom stereocenters. The molecule has 3 N–H and O–H groups in total. The fourth-order valence-electron chi connectivity index (χ4n) is 2.18. The summed E-state index contributed by atoms with van der Waals surface area (Å²) in [5, 5.41) is 0. The Balaban J connectivity index is 2.30. The van der Waals surface area contributed by atoms with Crippen LogP contribution in [0.3, 0.4) is 0 Å². The zero-order valence-corrected chi connectivity index (χ0v) is 14.2. The molecule has 0 bridgehead atoms. The van der Waals surface area contributed by atoms with E-state index < -0.39 is 10.0 Å². The van der Waals surface area contributed by atoms with E-state index in [4.69, 9.17) is 10.2 Å². The monoisotopic (exact) mass is 372 g/mol. The van der Waals surface area contributed by atoms with Gasteiger partial charge in [-0.05, 0) is 25.5 Å². The lowest BCUT2D eigenvalue weighted by molar-refractivity contribution is 0.494. The van der Waals surface area contributed by atoms with Crippen molar-refractivity contribution >= 4 is 26.0 Å². The van der Waals surface area contributed by atoms with E-state index in [0.717, 1.165) is 10.0 Å². The first kappa shape index (κ1) is 16.2. The van der Waals surface area contributed by atoms with E-state index in [2.05, 4.69) is 20.7 Å². The van der Waals surface area contributed by atoms with Crippen LogP contribution in [0.5, 0.6) is 0 Å². The molecule has 1 heterocycles. The quantitative estimate of drug-likeness (QED) is 0.844. The maximum Gasteiger partial charge on any atom is 0.244 e. The van der Waals surface area contributed by atoms with E-state index in [1.807, 2.05) is 24.3 Å². The highest BCUT2D eigenvalue weighted by Gasteiger charge is 2.26. The third-order valence-electron chi connectivity index (χ3n) is 3.21. The Kier molecular flexibility index (Phi) is 4.88. The molecule has 1 aromatic carbocycles. The van der Waals surface area contributed by atoms with E-state index in [9.17, 15) is 8.42 Å². The van der Waals surface area contributed by atoms with Crippen LogP contribution in [0.25, 0.3) is 0 Å². The van der Waals surface area contributed by atoms with Gasteiger partial charge < -0.3 is 10.2 Å². The third kappa shape index (κ3) is 3.37. The number of nitrogens with two attached hydrogens (primary N) is 1. The molecule has 2 rings (SSSR count). The molecule has 0 aliphatic heterocycles. The van der Waals surface area contributed by atoms with Gasteiger partial charge in [-0.25, -0.2) is 13.1 Å². The molecule has 0 amide bonds. The van der Waals surface area contributed by atoms with Gasteiger partial charge in [0, 0.05) is 23.1 Å². The van der Waals surface area contributed by atoms with Crippen LogP contribution in [0, 0.1) is 13.8 Å². The van der Waals surface area contributed by atoms with Crippen molar-refractivity contribution in [3.8, 4) is 0 Å². The molecule has 7 heteroatoms. The van der Waals surface area contributed by atoms with Crippen molar-refractivity contribution in [3.63, 3.8) is 0 Å². The highest BCUT2D eigenvalue weighted by molar-refractivity contribution is 9.10. The molecule has 0 aliphatic carbocycles. The Labute approximate surface area is 132 Å². The lowest BCUT2D eigenvalue weighted by Gasteiger charge is -2.09. The molecule has 0 spiro atoms. The van der Waals surface area contributed by atoms with Gasteiger partial charge in [0.1, 0.15) is 16.4 Å². The Bertz CT molecular complexity index is 754. The smallest absolute Gasteiger partial charge is 0.244 e. The van der Waals surface area contributed by atoms with Gasteiger partial charge >= 0.3 is 0 Å². The van der Waals surface area contributed by atoms with Crippen molar-refractivity contribution in [1.29, 1.82) is 0 Å². The lowest BCUT2D eigenvalue weighted by atomic mass is 10.2. The number of aryl methyl sites for hydroxylation is 2. The van der Waals surface area contributed by atoms with Gasteiger partial charge in [0.2, 0.25) is 10.0 Å². The topological polar surface area (TPSA) is 85.3 Å². The van der Waals surface area contributed by atoms with Crippen LogP contribution < -0.4 is 10.5 Å². The largest absolute Gasteiger partial charge is 0.465 e. The fraction of sp³-hybridized carbons (Fsp3) is 0.286. The van der Waals surface area contributed by atoms with Crippen molar-refractivity contribution in [2.45, 2.75) is 31.8 Å². The maximum atomic E-state index is 12.5. The van der Waals surface area contributed by atoms with E-state index in [1.165, 1.54) is 0 Å². The van der Waals surface area contributed by atoms with Crippen LogP contribution in [0.2, 0.25) is 0 Å². The Morgan fingerprint density at radius 1 is 1.24 bits per heavy atom. The molecule has 0 aliphatic rings. The Morgan fingerprint density at radius 3 is 2.52 bits per heavy atom. The fourth-order valence-corrected chi connectivity index (χ4v) is 4.07. The number of hydrogen-bond donors (Lipinski definition) is 2. The Hall–Kier alpha value is -1.15. The summed E-state index contributed by atoms with van der Waals surface area (Å²) in [6.07, 6.45) is 0. The van der Waals surface area contributed by atoms with Crippen LogP contribution in [-0.2, 0) is 23.1 Å². The van der Waals surface area contributed by atoms with E-state index in [0.29, 0.717) is 17.1 Å². The summed E-state index contributed by atoms with van der Waals surface area (Å²) in [4.78, 5) is 0.148. The van der Waals surface area contributed by atoms with Crippen LogP contribution in [0.1, 0.15) is 22.6 Å². The van der Waals surface area contributed by atoms with Crippen LogP contribution in [-0.4, -0.2) is 8.42 Å². The predicted molar refractivity (Wildman–Crippen MR) is 84.2 cm³/mol. The molecule has 0 saturated heterocycles. The first-order chi connectivity index (χ1) is 9.86. The van der Waals surface area contributed by atoms with Gasteiger partial charge in [-0.1, -0.05) is 34.1 Å². The summed E-state index contributed by atoms with van der Waals surface area (Å²) in [7, 11) is -3.67. The SMILES string of the molecule is Cc1oc(C)c(S(=O)(=O)NCc2ccccc2Br)c1CN. The molecule has 0 unspecified atom stereocenters. The van der Waals surface area contributed by atoms with Crippen LogP contribution in [0.4, 0.5) is 0 Å². The second-order valence-corrected chi connectivity index (χ2v) is 7.20. The second-order valence-electron chi connectivity index (χ2n) is 4.64. The van der Waals surface area contributed by atoms with E-state index in [1.54, 1.807) is 13.8 Å². The number of halogens is 1. The van der Waals surface area contributed by atoms with Gasteiger partial charge in [0.25, 0.3) is 0 Å². The number of nitrogens with one attached hydrogen (secondary N) is 1. The summed E-state index contributed by atoms with van der Waals surface area (Å²) in [6.45, 7) is 3.65. The highest BCUT2D eigenvalue weighted by atomic mass is 79.9. The molecule has 21 heavy (non-hydrogen) atoms. The summed E-state index contributed by atoms with van der Waals surface area (Å²) >= 11 is 3.39. The average Bonchev–Trinajstić information content (AvgIpc) is 2.72. The summed E-state index contributed by atoms with van der Waals surface area (Å²) in [5.74, 6) is 0.892. The van der Waals surface area contributed by atoms with Crippen LogP contribution >= 0.6 is 15.9 Å². The number of hydrogen-bond acceptors (Lipinski definition) is 4. The minimum absolute atomic E-state index is 0.119. The van der Waals surface area contributed by atoms with Gasteiger partial charge in [-0.3, -0.25) is 0 Å². The second kappa shape index (κ2) is 6.31. The Morgan fingerprint density at radius 2 is 1.90 bits per heavy atom. The zero-order chi connectivity index (χ0) is 15.6. The van der Waals surface area contributed by atoms with Gasteiger partial charge in [-0.15, -0.1) is 0 Å². The van der Waals surface area contributed by atoms with Crippen LogP contribution in [0.15, 0.2) is 38.1 Å². The summed E-state index contributed by atoms with van der Waals surface area (Å²) in [6, 6.07) is 7.44. The standard InChI is InChI=1S/C14H17BrN2O3S/c1-9-12(7-16)14(10(2)20-9)21(18,19)17-8-11-5-3-4-6-13(11)15/h3-6,17H,7-8,16H2,1-2H3. The molecular formula is C14H17BrN2O3S. The van der Waals surface area contributed by atoms with Crippen molar-refractivity contribution in [2.24, 2.45) is 5.73 Å². The van der Waals surface area contributed by atoms with Crippen molar-refractivity contribution in [2.75, 3.05) is 0 Å². The van der Waals surface area contributed by atoms with Gasteiger partial charge in [0.05, 0.1) is 0 Å². The number of sulfonamides is 1. The normalized spacial score (nSPS) is 11.8. The van der Waals surface area contributed by atoms with E-state index >= 15 is 0 Å². The highest BCUT2D eigenvalue weighted by Crippen LogP contribution is 2.26.